The van der Waals surface area contributed by atoms with Crippen molar-refractivity contribution in [1.82, 2.24) is 8.96 Å². The number of ether oxygens (including phenoxy) is 3. The normalized spacial score (nSPS) is 16.0. The van der Waals surface area contributed by atoms with Gasteiger partial charge >= 0.3 is 0 Å². The number of anilines is 1. The van der Waals surface area contributed by atoms with Gasteiger partial charge in [-0.25, -0.2) is 21.8 Å². The van der Waals surface area contributed by atoms with Crippen molar-refractivity contribution >= 4 is 26.7 Å². The molecule has 0 atom stereocenters. The molecular formula is C35H31FN4O5S. The Morgan fingerprint density at radius 1 is 0.891 bits per heavy atom. The lowest BCUT2D eigenvalue weighted by molar-refractivity contribution is 0.0254. The SMILES string of the molecule is N#Cc1cc(-c2ccnc3c2cc(-c2ccc(N4CCOCC4)c(F)c2)n3S(=O)(=O)c2ccccc2)ccc1OC1CCOCC1. The van der Waals surface area contributed by atoms with E-state index >= 15 is 4.39 Å². The number of pyridine rings is 1. The molecule has 2 aliphatic rings. The lowest BCUT2D eigenvalue weighted by atomic mass is 10.0. The molecule has 0 N–H and O–H groups in total. The molecule has 2 fully saturated rings. The average Bonchev–Trinajstić information content (AvgIpc) is 3.51. The first kappa shape index (κ1) is 29.9. The van der Waals surface area contributed by atoms with Crippen molar-refractivity contribution in [2.24, 2.45) is 0 Å². The number of benzene rings is 3. The van der Waals surface area contributed by atoms with E-state index in [0.717, 1.165) is 12.8 Å². The van der Waals surface area contributed by atoms with Crippen molar-refractivity contribution in [2.75, 3.05) is 44.4 Å². The molecule has 11 heteroatoms. The highest BCUT2D eigenvalue weighted by Gasteiger charge is 2.27. The van der Waals surface area contributed by atoms with Crippen LogP contribution in [0.3, 0.4) is 0 Å². The van der Waals surface area contributed by atoms with Gasteiger partial charge in [0.25, 0.3) is 10.0 Å². The third-order valence-corrected chi connectivity index (χ3v) is 10.1. The summed E-state index contributed by atoms with van der Waals surface area (Å²) < 4.78 is 62.3. The van der Waals surface area contributed by atoms with Crippen molar-refractivity contribution in [3.63, 3.8) is 0 Å². The molecule has 0 saturated carbocycles. The Bertz CT molecular complexity index is 2050. The predicted octanol–water partition coefficient (Wildman–Crippen LogP) is 6.01. The quantitative estimate of drug-likeness (QED) is 0.213. The van der Waals surface area contributed by atoms with Crippen molar-refractivity contribution in [3.8, 4) is 34.2 Å². The van der Waals surface area contributed by atoms with Gasteiger partial charge in [0.05, 0.1) is 48.3 Å². The summed E-state index contributed by atoms with van der Waals surface area (Å²) in [6, 6.07) is 24.0. The first-order valence-corrected chi connectivity index (χ1v) is 16.6. The molecule has 46 heavy (non-hydrogen) atoms. The van der Waals surface area contributed by atoms with Crippen molar-refractivity contribution in [2.45, 2.75) is 23.8 Å². The summed E-state index contributed by atoms with van der Waals surface area (Å²) in [6.07, 6.45) is 3.00. The number of aromatic nitrogens is 2. The van der Waals surface area contributed by atoms with Gasteiger partial charge < -0.3 is 19.1 Å². The monoisotopic (exact) mass is 638 g/mol. The van der Waals surface area contributed by atoms with Gasteiger partial charge in [0, 0.05) is 43.1 Å². The van der Waals surface area contributed by atoms with E-state index in [-0.39, 0.29) is 22.3 Å². The summed E-state index contributed by atoms with van der Waals surface area (Å²) in [5.74, 6) is 0.0319. The van der Waals surface area contributed by atoms with Crippen LogP contribution in [-0.2, 0) is 19.5 Å². The maximum Gasteiger partial charge on any atom is 0.269 e. The minimum Gasteiger partial charge on any atom is -0.489 e. The molecule has 5 aromatic rings. The van der Waals surface area contributed by atoms with Gasteiger partial charge in [-0.1, -0.05) is 30.3 Å². The van der Waals surface area contributed by atoms with Crippen molar-refractivity contribution < 1.29 is 27.0 Å². The van der Waals surface area contributed by atoms with E-state index in [1.54, 1.807) is 60.8 Å². The molecule has 7 rings (SSSR count). The van der Waals surface area contributed by atoms with Gasteiger partial charge in [-0.2, -0.15) is 5.26 Å². The molecule has 3 aromatic carbocycles. The topological polar surface area (TPSA) is 107 Å². The Kier molecular flexibility index (Phi) is 8.17. The summed E-state index contributed by atoms with van der Waals surface area (Å²) in [5.41, 5.74) is 3.01. The fourth-order valence-corrected chi connectivity index (χ4v) is 7.56. The Morgan fingerprint density at radius 3 is 2.37 bits per heavy atom. The van der Waals surface area contributed by atoms with Gasteiger partial charge in [-0.3, -0.25) is 0 Å². The first-order valence-electron chi connectivity index (χ1n) is 15.2. The van der Waals surface area contributed by atoms with E-state index in [0.29, 0.717) is 78.6 Å². The number of hydrogen-bond donors (Lipinski definition) is 0. The third kappa shape index (κ3) is 5.60. The fraction of sp³-hybridized carbons (Fsp3) is 0.257. The van der Waals surface area contributed by atoms with Crippen LogP contribution in [0.1, 0.15) is 18.4 Å². The zero-order chi connectivity index (χ0) is 31.7. The molecule has 2 aromatic heterocycles. The summed E-state index contributed by atoms with van der Waals surface area (Å²) in [7, 11) is -4.16. The molecule has 2 saturated heterocycles. The number of morpholine rings is 1. The first-order chi connectivity index (χ1) is 22.4. The van der Waals surface area contributed by atoms with Crippen LogP contribution in [0.25, 0.3) is 33.4 Å². The highest BCUT2D eigenvalue weighted by molar-refractivity contribution is 7.90. The van der Waals surface area contributed by atoms with Crippen LogP contribution in [0.5, 0.6) is 5.75 Å². The smallest absolute Gasteiger partial charge is 0.269 e. The summed E-state index contributed by atoms with van der Waals surface area (Å²) in [6.45, 7) is 3.38. The third-order valence-electron chi connectivity index (χ3n) is 8.41. The molecule has 0 unspecified atom stereocenters. The van der Waals surface area contributed by atoms with Crippen molar-refractivity contribution in [3.05, 3.63) is 96.4 Å². The zero-order valence-corrected chi connectivity index (χ0v) is 25.7. The minimum absolute atomic E-state index is 0.0332. The standard InChI is InChI=1S/C35H31FN4O5S/c36-31-21-25(6-8-32(31)39-14-18-44-19-15-39)33-22-30-29(10-13-38-35(30)40(33)46(41,42)28-4-2-1-3-5-28)24-7-9-34(26(20-24)23-37)45-27-11-16-43-17-12-27/h1-10,13,20-22,27H,11-12,14-19H2. The van der Waals surface area contributed by atoms with Gasteiger partial charge in [0.15, 0.2) is 5.65 Å². The molecule has 0 radical (unpaired) electrons. The van der Waals surface area contributed by atoms with Crippen LogP contribution in [0.15, 0.2) is 90.0 Å². The number of nitriles is 1. The molecule has 0 aliphatic carbocycles. The Balaban J connectivity index is 1.37. The van der Waals surface area contributed by atoms with Gasteiger partial charge in [-0.05, 0) is 59.7 Å². The lowest BCUT2D eigenvalue weighted by Crippen LogP contribution is -2.36. The highest BCUT2D eigenvalue weighted by Crippen LogP contribution is 2.38. The van der Waals surface area contributed by atoms with Gasteiger partial charge in [0.2, 0.25) is 0 Å². The Hall–Kier alpha value is -4.76. The number of hydrogen-bond acceptors (Lipinski definition) is 8. The van der Waals surface area contributed by atoms with Crippen LogP contribution in [0.4, 0.5) is 10.1 Å². The van der Waals surface area contributed by atoms with E-state index in [1.165, 1.54) is 22.2 Å². The molecule has 0 amide bonds. The second-order valence-electron chi connectivity index (χ2n) is 11.2. The van der Waals surface area contributed by atoms with E-state index in [2.05, 4.69) is 11.1 Å². The van der Waals surface area contributed by atoms with Crippen LogP contribution in [-0.4, -0.2) is 63.0 Å². The maximum absolute atomic E-state index is 15.7. The molecule has 2 aliphatic heterocycles. The zero-order valence-electron chi connectivity index (χ0n) is 24.9. The Labute approximate surface area is 266 Å². The molecular weight excluding hydrogens is 607 g/mol. The maximum atomic E-state index is 15.7. The number of halogens is 1. The van der Waals surface area contributed by atoms with Gasteiger partial charge in [-0.15, -0.1) is 0 Å². The highest BCUT2D eigenvalue weighted by atomic mass is 32.2. The predicted molar refractivity (Wildman–Crippen MR) is 172 cm³/mol. The van der Waals surface area contributed by atoms with Crippen molar-refractivity contribution in [1.29, 1.82) is 5.26 Å². The molecule has 234 valence electrons. The minimum atomic E-state index is -4.16. The largest absolute Gasteiger partial charge is 0.489 e. The number of nitrogens with zero attached hydrogens (tertiary/aromatic N) is 4. The number of fused-ring (bicyclic) bond motifs is 1. The van der Waals surface area contributed by atoms with E-state index < -0.39 is 15.8 Å². The fourth-order valence-electron chi connectivity index (χ4n) is 6.06. The van der Waals surface area contributed by atoms with Crippen LogP contribution in [0.2, 0.25) is 0 Å². The lowest BCUT2D eigenvalue weighted by Gasteiger charge is -2.29. The Morgan fingerprint density at radius 2 is 1.63 bits per heavy atom. The second-order valence-corrected chi connectivity index (χ2v) is 13.0. The average molecular weight is 639 g/mol. The van der Waals surface area contributed by atoms with E-state index in [9.17, 15) is 13.7 Å². The molecule has 0 spiro atoms. The van der Waals surface area contributed by atoms with E-state index in [1.807, 2.05) is 11.0 Å². The summed E-state index contributed by atoms with van der Waals surface area (Å²) in [5, 5.41) is 10.5. The molecule has 9 nitrogen and oxygen atoms in total. The summed E-state index contributed by atoms with van der Waals surface area (Å²) >= 11 is 0. The number of rotatable bonds is 7. The summed E-state index contributed by atoms with van der Waals surface area (Å²) in [4.78, 5) is 6.52. The van der Waals surface area contributed by atoms with Crippen LogP contribution in [0, 0.1) is 17.1 Å². The van der Waals surface area contributed by atoms with E-state index in [4.69, 9.17) is 14.2 Å². The van der Waals surface area contributed by atoms with Gasteiger partial charge in [0.1, 0.15) is 23.7 Å². The second kappa shape index (κ2) is 12.6. The molecule has 0 bridgehead atoms. The molecule has 4 heterocycles. The van der Waals surface area contributed by atoms with Crippen LogP contribution >= 0.6 is 0 Å². The van der Waals surface area contributed by atoms with Crippen LogP contribution < -0.4 is 9.64 Å².